The van der Waals surface area contributed by atoms with Crippen LogP contribution in [0.2, 0.25) is 0 Å². The molecule has 4 heteroatoms. The van der Waals surface area contributed by atoms with E-state index in [1.54, 1.807) is 12.4 Å². The fraction of sp³-hybridized carbons (Fsp3) is 0.286. The van der Waals surface area contributed by atoms with Crippen molar-refractivity contribution < 1.29 is 4.79 Å². The standard InChI is InChI=1S/C14H15N3O/c1-9(11-7-15-16-8-11)17-14(18)13-6-10-4-2-3-5-12(10)13/h2-5,7-9,13H,6H2,1H3,(H,15,16)(H,17,18). The van der Waals surface area contributed by atoms with Crippen LogP contribution in [0.25, 0.3) is 0 Å². The van der Waals surface area contributed by atoms with E-state index in [9.17, 15) is 4.79 Å². The Hall–Kier alpha value is -2.10. The van der Waals surface area contributed by atoms with E-state index in [1.807, 2.05) is 25.1 Å². The van der Waals surface area contributed by atoms with Crippen molar-refractivity contribution in [3.8, 4) is 0 Å². The summed E-state index contributed by atoms with van der Waals surface area (Å²) in [6, 6.07) is 8.10. The summed E-state index contributed by atoms with van der Waals surface area (Å²) in [4.78, 5) is 12.2. The average molecular weight is 241 g/mol. The molecule has 1 aliphatic carbocycles. The van der Waals surface area contributed by atoms with Gasteiger partial charge in [0.2, 0.25) is 5.91 Å². The van der Waals surface area contributed by atoms with Gasteiger partial charge in [-0.15, -0.1) is 0 Å². The highest BCUT2D eigenvalue weighted by atomic mass is 16.2. The first-order valence-corrected chi connectivity index (χ1v) is 6.12. The van der Waals surface area contributed by atoms with Crippen molar-refractivity contribution in [2.24, 2.45) is 0 Å². The van der Waals surface area contributed by atoms with Gasteiger partial charge in [-0.05, 0) is 24.5 Å². The third-order valence-corrected chi connectivity index (χ3v) is 3.55. The van der Waals surface area contributed by atoms with E-state index in [1.165, 1.54) is 5.56 Å². The molecular formula is C14H15N3O. The fourth-order valence-corrected chi connectivity index (χ4v) is 2.39. The number of aromatic nitrogens is 2. The number of nitrogens with zero attached hydrogens (tertiary/aromatic N) is 1. The van der Waals surface area contributed by atoms with Crippen LogP contribution in [-0.4, -0.2) is 16.1 Å². The Morgan fingerprint density at radius 3 is 3.06 bits per heavy atom. The van der Waals surface area contributed by atoms with E-state index in [-0.39, 0.29) is 17.9 Å². The van der Waals surface area contributed by atoms with Gasteiger partial charge in [0.25, 0.3) is 0 Å². The van der Waals surface area contributed by atoms with Crippen LogP contribution in [0.3, 0.4) is 0 Å². The lowest BCUT2D eigenvalue weighted by Crippen LogP contribution is -2.36. The molecule has 2 unspecified atom stereocenters. The maximum Gasteiger partial charge on any atom is 0.228 e. The monoisotopic (exact) mass is 241 g/mol. The highest BCUT2D eigenvalue weighted by molar-refractivity contribution is 5.87. The Morgan fingerprint density at radius 2 is 2.33 bits per heavy atom. The normalized spacial score (nSPS) is 18.6. The van der Waals surface area contributed by atoms with Gasteiger partial charge >= 0.3 is 0 Å². The van der Waals surface area contributed by atoms with Gasteiger partial charge in [0.15, 0.2) is 0 Å². The number of nitrogens with one attached hydrogen (secondary N) is 2. The number of amides is 1. The zero-order valence-electron chi connectivity index (χ0n) is 10.2. The topological polar surface area (TPSA) is 57.8 Å². The summed E-state index contributed by atoms with van der Waals surface area (Å²) in [7, 11) is 0. The Morgan fingerprint density at radius 1 is 1.50 bits per heavy atom. The molecule has 0 saturated heterocycles. The van der Waals surface area contributed by atoms with Crippen LogP contribution < -0.4 is 5.32 Å². The van der Waals surface area contributed by atoms with Crippen LogP contribution in [0.5, 0.6) is 0 Å². The molecule has 2 aromatic rings. The van der Waals surface area contributed by atoms with Crippen LogP contribution >= 0.6 is 0 Å². The molecule has 3 rings (SSSR count). The van der Waals surface area contributed by atoms with E-state index in [2.05, 4.69) is 21.6 Å². The largest absolute Gasteiger partial charge is 0.349 e. The van der Waals surface area contributed by atoms with Crippen LogP contribution in [0, 0.1) is 0 Å². The molecule has 1 aromatic carbocycles. The number of rotatable bonds is 3. The smallest absolute Gasteiger partial charge is 0.228 e. The van der Waals surface area contributed by atoms with Crippen molar-refractivity contribution in [3.63, 3.8) is 0 Å². The predicted molar refractivity (Wildman–Crippen MR) is 68.0 cm³/mol. The second-order valence-corrected chi connectivity index (χ2v) is 4.72. The van der Waals surface area contributed by atoms with Crippen LogP contribution in [0.4, 0.5) is 0 Å². The lowest BCUT2D eigenvalue weighted by molar-refractivity contribution is -0.123. The molecule has 0 saturated carbocycles. The summed E-state index contributed by atoms with van der Waals surface area (Å²) in [6.07, 6.45) is 4.39. The van der Waals surface area contributed by atoms with Gasteiger partial charge in [0, 0.05) is 11.8 Å². The molecule has 1 heterocycles. The molecule has 1 aliphatic rings. The minimum absolute atomic E-state index is 0.00977. The number of hydrogen-bond donors (Lipinski definition) is 2. The van der Waals surface area contributed by atoms with E-state index < -0.39 is 0 Å². The lowest BCUT2D eigenvalue weighted by atomic mass is 9.77. The van der Waals surface area contributed by atoms with E-state index >= 15 is 0 Å². The molecule has 2 atom stereocenters. The van der Waals surface area contributed by atoms with Gasteiger partial charge in [0.05, 0.1) is 18.2 Å². The van der Waals surface area contributed by atoms with Gasteiger partial charge < -0.3 is 5.32 Å². The summed E-state index contributed by atoms with van der Waals surface area (Å²) in [5, 5.41) is 9.67. The highest BCUT2D eigenvalue weighted by Gasteiger charge is 2.32. The number of aromatic amines is 1. The highest BCUT2D eigenvalue weighted by Crippen LogP contribution is 2.35. The molecule has 0 fully saturated rings. The van der Waals surface area contributed by atoms with E-state index in [4.69, 9.17) is 0 Å². The molecule has 0 radical (unpaired) electrons. The summed E-state index contributed by atoms with van der Waals surface area (Å²) in [6.45, 7) is 1.97. The number of fused-ring (bicyclic) bond motifs is 1. The molecule has 0 aliphatic heterocycles. The van der Waals surface area contributed by atoms with Gasteiger partial charge in [-0.2, -0.15) is 5.10 Å². The van der Waals surface area contributed by atoms with E-state index in [0.29, 0.717) is 0 Å². The minimum Gasteiger partial charge on any atom is -0.349 e. The molecule has 18 heavy (non-hydrogen) atoms. The summed E-state index contributed by atoms with van der Waals surface area (Å²) in [5.74, 6) is 0.109. The maximum atomic E-state index is 12.2. The molecule has 2 N–H and O–H groups in total. The fourth-order valence-electron chi connectivity index (χ4n) is 2.39. The Labute approximate surface area is 105 Å². The number of hydrogen-bond acceptors (Lipinski definition) is 2. The van der Waals surface area contributed by atoms with Gasteiger partial charge in [-0.1, -0.05) is 24.3 Å². The van der Waals surface area contributed by atoms with Gasteiger partial charge in [-0.25, -0.2) is 0 Å². The SMILES string of the molecule is CC(NC(=O)C1Cc2ccccc21)c1cn[nH]c1. The molecule has 0 spiro atoms. The van der Waals surface area contributed by atoms with Crippen molar-refractivity contribution in [1.29, 1.82) is 0 Å². The second-order valence-electron chi connectivity index (χ2n) is 4.72. The summed E-state index contributed by atoms with van der Waals surface area (Å²) >= 11 is 0. The summed E-state index contributed by atoms with van der Waals surface area (Å²) < 4.78 is 0. The zero-order chi connectivity index (χ0) is 12.5. The quantitative estimate of drug-likeness (QED) is 0.862. The number of carbonyl (C=O) groups excluding carboxylic acids is 1. The van der Waals surface area contributed by atoms with Crippen molar-refractivity contribution >= 4 is 5.91 Å². The van der Waals surface area contributed by atoms with Crippen molar-refractivity contribution in [2.45, 2.75) is 25.3 Å². The Kier molecular flexibility index (Phi) is 2.63. The minimum atomic E-state index is -0.0102. The van der Waals surface area contributed by atoms with Crippen molar-refractivity contribution in [1.82, 2.24) is 15.5 Å². The van der Waals surface area contributed by atoms with Crippen molar-refractivity contribution in [2.75, 3.05) is 0 Å². The average Bonchev–Trinajstić information content (AvgIpc) is 2.84. The van der Waals surface area contributed by atoms with Gasteiger partial charge in [0.1, 0.15) is 0 Å². The maximum absolute atomic E-state index is 12.2. The zero-order valence-corrected chi connectivity index (χ0v) is 10.2. The third kappa shape index (κ3) is 1.79. The molecule has 0 bridgehead atoms. The second kappa shape index (κ2) is 4.29. The van der Waals surface area contributed by atoms with Crippen LogP contribution in [0.1, 0.15) is 35.6 Å². The van der Waals surface area contributed by atoms with Crippen LogP contribution in [0.15, 0.2) is 36.7 Å². The van der Waals surface area contributed by atoms with E-state index in [0.717, 1.165) is 17.5 Å². The predicted octanol–water partition coefficient (Wildman–Crippen LogP) is 1.93. The van der Waals surface area contributed by atoms with Crippen molar-refractivity contribution in [3.05, 3.63) is 53.3 Å². The Bertz CT molecular complexity index is 562. The molecule has 92 valence electrons. The first-order valence-electron chi connectivity index (χ1n) is 6.12. The third-order valence-electron chi connectivity index (χ3n) is 3.55. The number of benzene rings is 1. The lowest BCUT2D eigenvalue weighted by Gasteiger charge is -2.29. The van der Waals surface area contributed by atoms with Crippen LogP contribution in [-0.2, 0) is 11.2 Å². The molecular weight excluding hydrogens is 226 g/mol. The Balaban J connectivity index is 1.67. The molecule has 1 amide bonds. The number of carbonyl (C=O) groups is 1. The summed E-state index contributed by atoms with van der Waals surface area (Å²) in [5.41, 5.74) is 3.44. The molecule has 4 nitrogen and oxygen atoms in total. The molecule has 1 aromatic heterocycles. The number of H-pyrrole nitrogens is 1. The van der Waals surface area contributed by atoms with Gasteiger partial charge in [-0.3, -0.25) is 9.89 Å². The first kappa shape index (κ1) is 11.0. The first-order chi connectivity index (χ1) is 8.75.